The van der Waals surface area contributed by atoms with Gasteiger partial charge in [0.05, 0.1) is 5.60 Å². The zero-order valence-electron chi connectivity index (χ0n) is 10.1. The summed E-state index contributed by atoms with van der Waals surface area (Å²) < 4.78 is 5.83. The quantitative estimate of drug-likeness (QED) is 0.607. The summed E-state index contributed by atoms with van der Waals surface area (Å²) in [5, 5.41) is 3.34. The van der Waals surface area contributed by atoms with Crippen LogP contribution in [0.2, 0.25) is 0 Å². The summed E-state index contributed by atoms with van der Waals surface area (Å²) in [4.78, 5) is 0. The summed E-state index contributed by atoms with van der Waals surface area (Å²) in [6.45, 7) is 10.9. The number of hydrogen-bond donors (Lipinski definition) is 1. The molecule has 14 heavy (non-hydrogen) atoms. The van der Waals surface area contributed by atoms with Crippen LogP contribution < -0.4 is 5.32 Å². The first-order valence-corrected chi connectivity index (χ1v) is 5.56. The topological polar surface area (TPSA) is 21.3 Å². The number of allylic oxidation sites excluding steroid dienone is 1. The molecule has 0 bridgehead atoms. The maximum absolute atomic E-state index is 5.83. The molecule has 0 aromatic carbocycles. The van der Waals surface area contributed by atoms with E-state index in [2.05, 4.69) is 25.7 Å². The van der Waals surface area contributed by atoms with E-state index >= 15 is 0 Å². The van der Waals surface area contributed by atoms with Crippen LogP contribution in [0.15, 0.2) is 12.7 Å². The molecule has 2 atom stereocenters. The molecule has 0 radical (unpaired) electrons. The van der Waals surface area contributed by atoms with Gasteiger partial charge in [0.1, 0.15) is 0 Å². The molecule has 0 amide bonds. The highest BCUT2D eigenvalue weighted by molar-refractivity contribution is 4.89. The average molecular weight is 199 g/mol. The fourth-order valence-corrected chi connectivity index (χ4v) is 1.82. The fraction of sp³-hybridized carbons (Fsp3) is 0.833. The van der Waals surface area contributed by atoms with Crippen molar-refractivity contribution in [1.82, 2.24) is 5.32 Å². The Hall–Kier alpha value is -0.340. The molecule has 0 saturated heterocycles. The lowest BCUT2D eigenvalue weighted by molar-refractivity contribution is -0.0551. The Morgan fingerprint density at radius 1 is 1.50 bits per heavy atom. The number of ether oxygens (including phenoxy) is 1. The lowest BCUT2D eigenvalue weighted by atomic mass is 9.90. The summed E-state index contributed by atoms with van der Waals surface area (Å²) in [5.41, 5.74) is -0.0491. The molecule has 0 aromatic heterocycles. The van der Waals surface area contributed by atoms with E-state index in [0.29, 0.717) is 6.04 Å². The second-order valence-electron chi connectivity index (χ2n) is 3.81. The fourth-order valence-electron chi connectivity index (χ4n) is 1.82. The van der Waals surface area contributed by atoms with Gasteiger partial charge < -0.3 is 10.1 Å². The lowest BCUT2D eigenvalue weighted by Crippen LogP contribution is -2.49. The van der Waals surface area contributed by atoms with E-state index in [0.717, 1.165) is 25.9 Å². The van der Waals surface area contributed by atoms with Gasteiger partial charge >= 0.3 is 0 Å². The zero-order valence-corrected chi connectivity index (χ0v) is 10.1. The highest BCUT2D eigenvalue weighted by atomic mass is 16.5. The average Bonchev–Trinajstić information content (AvgIpc) is 2.19. The number of nitrogens with one attached hydrogen (secondary N) is 1. The summed E-state index contributed by atoms with van der Waals surface area (Å²) in [6, 6.07) is 0.408. The molecule has 0 aliphatic carbocycles. The van der Waals surface area contributed by atoms with Crippen LogP contribution in [0, 0.1) is 0 Å². The minimum atomic E-state index is -0.0491. The smallest absolute Gasteiger partial charge is 0.0803 e. The number of rotatable bonds is 8. The molecule has 2 unspecified atom stereocenters. The Labute approximate surface area is 88.7 Å². The van der Waals surface area contributed by atoms with Crippen LogP contribution in [0.3, 0.4) is 0 Å². The van der Waals surface area contributed by atoms with Crippen LogP contribution in [-0.4, -0.2) is 25.3 Å². The van der Waals surface area contributed by atoms with Crippen LogP contribution in [0.25, 0.3) is 0 Å². The predicted molar refractivity (Wildman–Crippen MR) is 62.6 cm³/mol. The zero-order chi connectivity index (χ0) is 11.0. The van der Waals surface area contributed by atoms with E-state index in [1.165, 1.54) is 0 Å². The third-order valence-electron chi connectivity index (χ3n) is 2.92. The molecule has 0 heterocycles. The molecule has 0 aromatic rings. The first-order valence-electron chi connectivity index (χ1n) is 5.56. The van der Waals surface area contributed by atoms with Gasteiger partial charge in [-0.05, 0) is 40.2 Å². The van der Waals surface area contributed by atoms with Crippen LogP contribution in [0.1, 0.15) is 40.0 Å². The summed E-state index contributed by atoms with van der Waals surface area (Å²) in [6.07, 6.45) is 5.12. The Bertz CT molecular complexity index is 158. The number of likely N-dealkylation sites (N-methyl/N-ethyl adjacent to an activating group) is 1. The lowest BCUT2D eigenvalue weighted by Gasteiger charge is -2.36. The van der Waals surface area contributed by atoms with Gasteiger partial charge in [0.15, 0.2) is 0 Å². The molecular weight excluding hydrogens is 174 g/mol. The van der Waals surface area contributed by atoms with Crippen molar-refractivity contribution >= 4 is 0 Å². The molecule has 84 valence electrons. The SMILES string of the molecule is C=CCCC(NC)C(C)(CC)OCC. The molecule has 2 heteroatoms. The van der Waals surface area contributed by atoms with E-state index in [1.807, 2.05) is 20.0 Å². The predicted octanol–water partition coefficient (Wildman–Crippen LogP) is 2.75. The minimum Gasteiger partial charge on any atom is -0.374 e. The van der Waals surface area contributed by atoms with Gasteiger partial charge in [-0.1, -0.05) is 13.0 Å². The molecular formula is C12H25NO. The molecule has 0 rings (SSSR count). The third-order valence-corrected chi connectivity index (χ3v) is 2.92. The Balaban J connectivity index is 4.33. The van der Waals surface area contributed by atoms with E-state index in [9.17, 15) is 0 Å². The Morgan fingerprint density at radius 3 is 2.50 bits per heavy atom. The van der Waals surface area contributed by atoms with Gasteiger partial charge in [0, 0.05) is 12.6 Å². The van der Waals surface area contributed by atoms with Gasteiger partial charge in [-0.3, -0.25) is 0 Å². The van der Waals surface area contributed by atoms with Crippen LogP contribution >= 0.6 is 0 Å². The second-order valence-corrected chi connectivity index (χ2v) is 3.81. The van der Waals surface area contributed by atoms with Crippen molar-refractivity contribution < 1.29 is 4.74 Å². The molecule has 0 spiro atoms. The van der Waals surface area contributed by atoms with Crippen molar-refractivity contribution in [2.24, 2.45) is 0 Å². The highest BCUT2D eigenvalue weighted by Gasteiger charge is 2.31. The maximum atomic E-state index is 5.83. The van der Waals surface area contributed by atoms with Gasteiger partial charge in [-0.2, -0.15) is 0 Å². The standard InChI is InChI=1S/C12H25NO/c1-6-9-10-11(13-5)12(4,7-2)14-8-3/h6,11,13H,1,7-10H2,2-5H3. The molecule has 1 N–H and O–H groups in total. The Morgan fingerprint density at radius 2 is 2.14 bits per heavy atom. The van der Waals surface area contributed by atoms with Crippen molar-refractivity contribution in [2.75, 3.05) is 13.7 Å². The largest absolute Gasteiger partial charge is 0.374 e. The summed E-state index contributed by atoms with van der Waals surface area (Å²) >= 11 is 0. The Kier molecular flexibility index (Phi) is 6.85. The van der Waals surface area contributed by atoms with Gasteiger partial charge in [-0.15, -0.1) is 6.58 Å². The van der Waals surface area contributed by atoms with Crippen LogP contribution in [-0.2, 0) is 4.74 Å². The van der Waals surface area contributed by atoms with Crippen molar-refractivity contribution in [3.8, 4) is 0 Å². The van der Waals surface area contributed by atoms with Crippen molar-refractivity contribution in [1.29, 1.82) is 0 Å². The van der Waals surface area contributed by atoms with Gasteiger partial charge in [0.25, 0.3) is 0 Å². The van der Waals surface area contributed by atoms with Gasteiger partial charge in [0.2, 0.25) is 0 Å². The van der Waals surface area contributed by atoms with Gasteiger partial charge in [-0.25, -0.2) is 0 Å². The van der Waals surface area contributed by atoms with E-state index in [4.69, 9.17) is 4.74 Å². The summed E-state index contributed by atoms with van der Waals surface area (Å²) in [7, 11) is 2.00. The minimum absolute atomic E-state index is 0.0491. The van der Waals surface area contributed by atoms with E-state index < -0.39 is 0 Å². The summed E-state index contributed by atoms with van der Waals surface area (Å²) in [5.74, 6) is 0. The molecule has 0 fully saturated rings. The second kappa shape index (κ2) is 7.02. The van der Waals surface area contributed by atoms with Crippen molar-refractivity contribution in [3.63, 3.8) is 0 Å². The molecule has 0 saturated carbocycles. The highest BCUT2D eigenvalue weighted by Crippen LogP contribution is 2.23. The van der Waals surface area contributed by atoms with E-state index in [-0.39, 0.29) is 5.60 Å². The van der Waals surface area contributed by atoms with Crippen molar-refractivity contribution in [3.05, 3.63) is 12.7 Å². The normalized spacial score (nSPS) is 17.4. The van der Waals surface area contributed by atoms with Crippen molar-refractivity contribution in [2.45, 2.75) is 51.7 Å². The van der Waals surface area contributed by atoms with Crippen LogP contribution in [0.5, 0.6) is 0 Å². The first-order chi connectivity index (χ1) is 6.64. The van der Waals surface area contributed by atoms with Crippen LogP contribution in [0.4, 0.5) is 0 Å². The number of hydrogen-bond acceptors (Lipinski definition) is 2. The first kappa shape index (κ1) is 13.7. The van der Waals surface area contributed by atoms with E-state index in [1.54, 1.807) is 0 Å². The maximum Gasteiger partial charge on any atom is 0.0803 e. The molecule has 0 aliphatic rings. The molecule has 0 aliphatic heterocycles. The third kappa shape index (κ3) is 3.81. The molecule has 2 nitrogen and oxygen atoms in total. The monoisotopic (exact) mass is 199 g/mol.